The number of carbonyl (C=O) groups is 1. The molecule has 0 saturated carbocycles. The van der Waals surface area contributed by atoms with E-state index in [2.05, 4.69) is 9.88 Å². The number of anilines is 1. The van der Waals surface area contributed by atoms with E-state index in [1.807, 2.05) is 0 Å². The van der Waals surface area contributed by atoms with Crippen molar-refractivity contribution in [2.24, 2.45) is 0 Å². The van der Waals surface area contributed by atoms with Crippen LogP contribution in [0.4, 0.5) is 9.52 Å². The number of sulfone groups is 1. The maximum absolute atomic E-state index is 13.4. The fraction of sp³-hybridized carbons (Fsp3) is 0.300. The van der Waals surface area contributed by atoms with Crippen molar-refractivity contribution < 1.29 is 17.6 Å². The summed E-state index contributed by atoms with van der Waals surface area (Å²) in [5.74, 6) is -0.465. The van der Waals surface area contributed by atoms with Gasteiger partial charge in [-0.25, -0.2) is 17.8 Å². The van der Waals surface area contributed by atoms with Gasteiger partial charge in [0.15, 0.2) is 15.0 Å². The summed E-state index contributed by atoms with van der Waals surface area (Å²) in [4.78, 5) is 21.3. The Bertz CT molecular complexity index is 1170. The summed E-state index contributed by atoms with van der Waals surface area (Å²) < 4.78 is 37.2. The minimum Gasteiger partial charge on any atom is -0.345 e. The Labute approximate surface area is 172 Å². The molecule has 0 unspecified atom stereocenters. The second kappa shape index (κ2) is 7.72. The van der Waals surface area contributed by atoms with E-state index in [0.717, 1.165) is 15.3 Å². The summed E-state index contributed by atoms with van der Waals surface area (Å²) in [6.07, 6.45) is 1.18. The van der Waals surface area contributed by atoms with Crippen LogP contribution in [0.25, 0.3) is 10.2 Å². The van der Waals surface area contributed by atoms with E-state index in [4.69, 9.17) is 0 Å². The highest BCUT2D eigenvalue weighted by atomic mass is 32.2. The van der Waals surface area contributed by atoms with E-state index in [9.17, 15) is 17.6 Å². The smallest absolute Gasteiger partial charge is 0.253 e. The molecule has 4 rings (SSSR count). The van der Waals surface area contributed by atoms with Crippen LogP contribution >= 0.6 is 11.3 Å². The van der Waals surface area contributed by atoms with Crippen LogP contribution in [-0.2, 0) is 15.6 Å². The summed E-state index contributed by atoms with van der Waals surface area (Å²) in [5.41, 5.74) is 1.88. The highest BCUT2D eigenvalue weighted by Crippen LogP contribution is 2.30. The van der Waals surface area contributed by atoms with Crippen molar-refractivity contribution in [3.05, 3.63) is 59.4 Å². The first-order valence-electron chi connectivity index (χ1n) is 9.15. The molecule has 29 heavy (non-hydrogen) atoms. The molecule has 1 amide bonds. The number of nitrogens with zero attached hydrogens (tertiary/aromatic N) is 3. The lowest BCUT2D eigenvalue weighted by molar-refractivity contribution is 0.0746. The Balaban J connectivity index is 1.43. The molecule has 3 aromatic rings. The van der Waals surface area contributed by atoms with Gasteiger partial charge in [0.05, 0.1) is 16.0 Å². The second-order valence-electron chi connectivity index (χ2n) is 7.16. The second-order valence-corrected chi connectivity index (χ2v) is 10.3. The van der Waals surface area contributed by atoms with Gasteiger partial charge < -0.3 is 9.80 Å². The molecular weight excluding hydrogens is 413 g/mol. The molecule has 0 N–H and O–H groups in total. The summed E-state index contributed by atoms with van der Waals surface area (Å²) >= 11 is 1.45. The molecule has 1 aliphatic rings. The van der Waals surface area contributed by atoms with E-state index >= 15 is 0 Å². The van der Waals surface area contributed by atoms with Crippen LogP contribution in [0.5, 0.6) is 0 Å². The highest BCUT2D eigenvalue weighted by molar-refractivity contribution is 7.89. The first kappa shape index (κ1) is 19.8. The van der Waals surface area contributed by atoms with Crippen molar-refractivity contribution in [3.8, 4) is 0 Å². The Hall–Kier alpha value is -2.52. The van der Waals surface area contributed by atoms with E-state index in [0.29, 0.717) is 37.3 Å². The molecule has 152 valence electrons. The highest BCUT2D eigenvalue weighted by Gasteiger charge is 2.24. The zero-order valence-electron chi connectivity index (χ0n) is 15.8. The molecule has 0 bridgehead atoms. The molecule has 2 aromatic carbocycles. The summed E-state index contributed by atoms with van der Waals surface area (Å²) in [5, 5.41) is 0.827. The summed E-state index contributed by atoms with van der Waals surface area (Å²) in [7, 11) is -3.16. The number of benzene rings is 2. The lowest BCUT2D eigenvalue weighted by Gasteiger charge is -2.34. The van der Waals surface area contributed by atoms with Gasteiger partial charge in [0, 0.05) is 38.0 Å². The Kier molecular flexibility index (Phi) is 5.26. The van der Waals surface area contributed by atoms with Crippen molar-refractivity contribution in [3.63, 3.8) is 0 Å². The fourth-order valence-corrected chi connectivity index (χ4v) is 5.23. The zero-order chi connectivity index (χ0) is 20.6. The summed E-state index contributed by atoms with van der Waals surface area (Å²) in [6, 6.07) is 11.4. The molecule has 2 heterocycles. The predicted octanol–water partition coefficient (Wildman–Crippen LogP) is 2.94. The van der Waals surface area contributed by atoms with Crippen LogP contribution in [0.1, 0.15) is 15.9 Å². The van der Waals surface area contributed by atoms with Gasteiger partial charge in [0.25, 0.3) is 5.91 Å². The van der Waals surface area contributed by atoms with Gasteiger partial charge >= 0.3 is 0 Å². The molecule has 1 aliphatic heterocycles. The van der Waals surface area contributed by atoms with Gasteiger partial charge in [0.2, 0.25) is 0 Å². The van der Waals surface area contributed by atoms with Crippen LogP contribution in [0.15, 0.2) is 42.5 Å². The molecule has 0 aliphatic carbocycles. The molecule has 0 radical (unpaired) electrons. The third-order valence-corrected chi connectivity index (χ3v) is 6.72. The van der Waals surface area contributed by atoms with Gasteiger partial charge in [-0.3, -0.25) is 4.79 Å². The predicted molar refractivity (Wildman–Crippen MR) is 113 cm³/mol. The molecule has 6 nitrogen and oxygen atoms in total. The van der Waals surface area contributed by atoms with E-state index in [1.54, 1.807) is 35.2 Å². The minimum atomic E-state index is -3.16. The largest absolute Gasteiger partial charge is 0.345 e. The molecule has 0 atom stereocenters. The molecule has 1 saturated heterocycles. The number of rotatable bonds is 4. The van der Waals surface area contributed by atoms with Gasteiger partial charge in [0.1, 0.15) is 5.82 Å². The maximum atomic E-state index is 13.4. The topological polar surface area (TPSA) is 70.6 Å². The molecule has 0 spiro atoms. The summed E-state index contributed by atoms with van der Waals surface area (Å²) in [6.45, 7) is 2.35. The first-order valence-corrected chi connectivity index (χ1v) is 12.0. The number of halogens is 1. The number of fused-ring (bicyclic) bond motifs is 1. The molecule has 1 aromatic heterocycles. The lowest BCUT2D eigenvalue weighted by Crippen LogP contribution is -2.48. The molecule has 9 heteroatoms. The molecule has 1 fully saturated rings. The third-order valence-electron chi connectivity index (χ3n) is 4.78. The van der Waals surface area contributed by atoms with Crippen molar-refractivity contribution in [1.82, 2.24) is 9.88 Å². The average Bonchev–Trinajstić information content (AvgIpc) is 3.09. The van der Waals surface area contributed by atoms with Crippen molar-refractivity contribution >= 4 is 42.4 Å². The van der Waals surface area contributed by atoms with E-state index in [1.165, 1.54) is 29.7 Å². The minimum absolute atomic E-state index is 0.0832. The fourth-order valence-electron chi connectivity index (χ4n) is 3.40. The molecular formula is C20H20FN3O3S2. The van der Waals surface area contributed by atoms with Crippen LogP contribution in [0.3, 0.4) is 0 Å². The van der Waals surface area contributed by atoms with Gasteiger partial charge in [-0.15, -0.1) is 0 Å². The monoisotopic (exact) mass is 433 g/mol. The number of hydrogen-bond acceptors (Lipinski definition) is 6. The number of hydrogen-bond donors (Lipinski definition) is 0. The Morgan fingerprint density at radius 2 is 1.90 bits per heavy atom. The number of thiazole rings is 1. The quantitative estimate of drug-likeness (QED) is 0.633. The van der Waals surface area contributed by atoms with Crippen molar-refractivity contribution in [2.45, 2.75) is 5.75 Å². The number of piperazine rings is 1. The SMILES string of the molecule is CS(=O)(=O)Cc1cccc(C(=O)N2CCN(c3nc4ccc(F)cc4s3)CC2)c1. The van der Waals surface area contributed by atoms with Gasteiger partial charge in [-0.05, 0) is 35.9 Å². The van der Waals surface area contributed by atoms with Crippen LogP contribution in [-0.4, -0.2) is 56.6 Å². The third kappa shape index (κ3) is 4.56. The maximum Gasteiger partial charge on any atom is 0.253 e. The number of amides is 1. The first-order chi connectivity index (χ1) is 13.8. The zero-order valence-corrected chi connectivity index (χ0v) is 17.5. The van der Waals surface area contributed by atoms with Gasteiger partial charge in [-0.1, -0.05) is 23.5 Å². The van der Waals surface area contributed by atoms with Crippen LogP contribution in [0, 0.1) is 5.82 Å². The number of carbonyl (C=O) groups excluding carboxylic acids is 1. The van der Waals surface area contributed by atoms with Crippen LogP contribution in [0.2, 0.25) is 0 Å². The van der Waals surface area contributed by atoms with E-state index < -0.39 is 9.84 Å². The van der Waals surface area contributed by atoms with Crippen molar-refractivity contribution in [2.75, 3.05) is 37.3 Å². The van der Waals surface area contributed by atoms with Crippen LogP contribution < -0.4 is 4.90 Å². The number of aromatic nitrogens is 1. The van der Waals surface area contributed by atoms with E-state index in [-0.39, 0.29) is 17.5 Å². The van der Waals surface area contributed by atoms with Crippen molar-refractivity contribution in [1.29, 1.82) is 0 Å². The standard InChI is InChI=1S/C20H20FN3O3S2/c1-29(26,27)13-14-3-2-4-15(11-14)19(25)23-7-9-24(10-8-23)20-22-17-6-5-16(21)12-18(17)28-20/h2-6,11-12H,7-10,13H2,1H3. The lowest BCUT2D eigenvalue weighted by atomic mass is 10.1. The Morgan fingerprint density at radius 1 is 1.14 bits per heavy atom. The average molecular weight is 434 g/mol. The Morgan fingerprint density at radius 3 is 2.62 bits per heavy atom. The van der Waals surface area contributed by atoms with Gasteiger partial charge in [-0.2, -0.15) is 0 Å². The normalized spacial score (nSPS) is 15.1.